The van der Waals surface area contributed by atoms with Crippen LogP contribution in [0.2, 0.25) is 0 Å². The molecule has 1 unspecified atom stereocenters. The van der Waals surface area contributed by atoms with Gasteiger partial charge >= 0.3 is 5.97 Å². The van der Waals surface area contributed by atoms with E-state index in [1.54, 1.807) is 25.4 Å². The fourth-order valence-corrected chi connectivity index (χ4v) is 1.07. The number of rotatable bonds is 3. The largest absolute Gasteiger partial charge is 0.480 e. The van der Waals surface area contributed by atoms with Gasteiger partial charge in [0.05, 0.1) is 0 Å². The van der Waals surface area contributed by atoms with Crippen molar-refractivity contribution in [3.05, 3.63) is 30.1 Å². The molecule has 0 spiro atoms. The number of hydrogen-bond donors (Lipinski definition) is 2. The molecule has 1 aromatic rings. The zero-order chi connectivity index (χ0) is 9.84. The lowest BCUT2D eigenvalue weighted by Crippen LogP contribution is -2.35. The quantitative estimate of drug-likeness (QED) is 0.714. The van der Waals surface area contributed by atoms with E-state index in [1.165, 1.54) is 0 Å². The summed E-state index contributed by atoms with van der Waals surface area (Å²) in [6, 6.07) is 2.71. The van der Waals surface area contributed by atoms with Crippen LogP contribution < -0.4 is 5.73 Å². The van der Waals surface area contributed by atoms with Crippen molar-refractivity contribution >= 4 is 5.97 Å². The van der Waals surface area contributed by atoms with Crippen LogP contribution in [-0.4, -0.2) is 22.1 Å². The number of nitrogens with two attached hydrogens (primary N) is 1. The highest BCUT2D eigenvalue weighted by atomic mass is 16.4. The SMILES string of the molecule is CC(c1cccnc1)[C@H](N)C(=O)O. The zero-order valence-electron chi connectivity index (χ0n) is 7.34. The fourth-order valence-electron chi connectivity index (χ4n) is 1.07. The van der Waals surface area contributed by atoms with E-state index in [4.69, 9.17) is 10.8 Å². The summed E-state index contributed by atoms with van der Waals surface area (Å²) < 4.78 is 0. The first kappa shape index (κ1) is 9.67. The van der Waals surface area contributed by atoms with E-state index >= 15 is 0 Å². The summed E-state index contributed by atoms with van der Waals surface area (Å²) in [6.45, 7) is 1.77. The molecule has 2 atom stereocenters. The smallest absolute Gasteiger partial charge is 0.321 e. The van der Waals surface area contributed by atoms with Gasteiger partial charge in [-0.3, -0.25) is 9.78 Å². The van der Waals surface area contributed by atoms with Gasteiger partial charge in [-0.25, -0.2) is 0 Å². The van der Waals surface area contributed by atoms with Crippen molar-refractivity contribution < 1.29 is 9.90 Å². The van der Waals surface area contributed by atoms with E-state index in [0.717, 1.165) is 5.56 Å². The van der Waals surface area contributed by atoms with Crippen molar-refractivity contribution in [2.75, 3.05) is 0 Å². The van der Waals surface area contributed by atoms with Gasteiger partial charge in [-0.1, -0.05) is 13.0 Å². The third-order valence-corrected chi connectivity index (χ3v) is 2.03. The second-order valence-electron chi connectivity index (χ2n) is 2.94. The Hall–Kier alpha value is -1.42. The number of pyridine rings is 1. The first-order valence-corrected chi connectivity index (χ1v) is 4.01. The molecule has 3 N–H and O–H groups in total. The Labute approximate surface area is 76.4 Å². The van der Waals surface area contributed by atoms with E-state index in [2.05, 4.69) is 4.98 Å². The second kappa shape index (κ2) is 4.00. The molecule has 0 fully saturated rings. The highest BCUT2D eigenvalue weighted by Crippen LogP contribution is 2.16. The highest BCUT2D eigenvalue weighted by molar-refractivity contribution is 5.74. The van der Waals surface area contributed by atoms with E-state index in [9.17, 15) is 4.79 Å². The van der Waals surface area contributed by atoms with Crippen LogP contribution in [0.15, 0.2) is 24.5 Å². The standard InChI is InChI=1S/C9H12N2O2/c1-6(8(10)9(12)13)7-3-2-4-11-5-7/h2-6,8H,10H2,1H3,(H,12,13)/t6?,8-/m0/s1. The molecule has 0 amide bonds. The van der Waals surface area contributed by atoms with Crippen LogP contribution >= 0.6 is 0 Å². The van der Waals surface area contributed by atoms with Crippen molar-refractivity contribution in [1.29, 1.82) is 0 Å². The molecule has 1 rings (SSSR count). The monoisotopic (exact) mass is 180 g/mol. The topological polar surface area (TPSA) is 76.2 Å². The Morgan fingerprint density at radius 2 is 2.38 bits per heavy atom. The number of hydrogen-bond acceptors (Lipinski definition) is 3. The predicted molar refractivity (Wildman–Crippen MR) is 48.3 cm³/mol. The minimum Gasteiger partial charge on any atom is -0.480 e. The molecule has 0 radical (unpaired) electrons. The Morgan fingerprint density at radius 1 is 1.69 bits per heavy atom. The number of nitrogens with zero attached hydrogens (tertiary/aromatic N) is 1. The van der Waals surface area contributed by atoms with Gasteiger partial charge in [0.15, 0.2) is 0 Å². The average molecular weight is 180 g/mol. The number of aromatic nitrogens is 1. The molecule has 1 heterocycles. The number of carboxylic acids is 1. The van der Waals surface area contributed by atoms with Crippen LogP contribution in [0.4, 0.5) is 0 Å². The summed E-state index contributed by atoms with van der Waals surface area (Å²) in [6.07, 6.45) is 3.27. The van der Waals surface area contributed by atoms with E-state index in [-0.39, 0.29) is 5.92 Å². The predicted octanol–water partition coefficient (Wildman–Crippen LogP) is 0.597. The normalized spacial score (nSPS) is 14.9. The summed E-state index contributed by atoms with van der Waals surface area (Å²) >= 11 is 0. The van der Waals surface area contributed by atoms with Gasteiger partial charge < -0.3 is 10.8 Å². The first-order valence-electron chi connectivity index (χ1n) is 4.01. The molecule has 0 bridgehead atoms. The molecule has 4 nitrogen and oxygen atoms in total. The van der Waals surface area contributed by atoms with Crippen LogP contribution in [0, 0.1) is 0 Å². The van der Waals surface area contributed by atoms with Crippen LogP contribution in [0.3, 0.4) is 0 Å². The van der Waals surface area contributed by atoms with Crippen LogP contribution in [0.1, 0.15) is 18.4 Å². The van der Waals surface area contributed by atoms with Gasteiger partial charge in [-0.05, 0) is 11.6 Å². The molecule has 0 aliphatic carbocycles. The number of carboxylic acid groups (broad SMARTS) is 1. The van der Waals surface area contributed by atoms with Crippen LogP contribution in [-0.2, 0) is 4.79 Å². The molecule has 4 heteroatoms. The second-order valence-corrected chi connectivity index (χ2v) is 2.94. The van der Waals surface area contributed by atoms with E-state index < -0.39 is 12.0 Å². The summed E-state index contributed by atoms with van der Waals surface area (Å²) in [5, 5.41) is 8.67. The van der Waals surface area contributed by atoms with Crippen molar-refractivity contribution in [3.63, 3.8) is 0 Å². The molecule has 0 aliphatic heterocycles. The van der Waals surface area contributed by atoms with Crippen molar-refractivity contribution in [1.82, 2.24) is 4.98 Å². The molecule has 13 heavy (non-hydrogen) atoms. The summed E-state index contributed by atoms with van der Waals surface area (Å²) in [7, 11) is 0. The lowest BCUT2D eigenvalue weighted by atomic mass is 9.95. The molecular formula is C9H12N2O2. The van der Waals surface area contributed by atoms with Gasteiger partial charge in [-0.15, -0.1) is 0 Å². The summed E-state index contributed by atoms with van der Waals surface area (Å²) in [5.74, 6) is -1.21. The minimum atomic E-state index is -0.989. The molecule has 0 aromatic carbocycles. The fraction of sp³-hybridized carbons (Fsp3) is 0.333. The van der Waals surface area contributed by atoms with Crippen LogP contribution in [0.5, 0.6) is 0 Å². The minimum absolute atomic E-state index is 0.216. The van der Waals surface area contributed by atoms with Crippen molar-refractivity contribution in [2.45, 2.75) is 18.9 Å². The molecule has 0 saturated heterocycles. The Bertz CT molecular complexity index is 287. The van der Waals surface area contributed by atoms with Gasteiger partial charge in [-0.2, -0.15) is 0 Å². The van der Waals surface area contributed by atoms with Crippen molar-refractivity contribution in [2.24, 2.45) is 5.73 Å². The maximum atomic E-state index is 10.6. The maximum Gasteiger partial charge on any atom is 0.321 e. The van der Waals surface area contributed by atoms with Gasteiger partial charge in [0, 0.05) is 18.3 Å². The molecule has 70 valence electrons. The highest BCUT2D eigenvalue weighted by Gasteiger charge is 2.21. The van der Waals surface area contributed by atoms with E-state index in [0.29, 0.717) is 0 Å². The Balaban J connectivity index is 2.79. The molecule has 0 saturated carbocycles. The maximum absolute atomic E-state index is 10.6. The van der Waals surface area contributed by atoms with Gasteiger partial charge in [0.25, 0.3) is 0 Å². The van der Waals surface area contributed by atoms with Crippen LogP contribution in [0.25, 0.3) is 0 Å². The third kappa shape index (κ3) is 2.26. The molecule has 1 aromatic heterocycles. The van der Waals surface area contributed by atoms with Crippen molar-refractivity contribution in [3.8, 4) is 0 Å². The van der Waals surface area contributed by atoms with E-state index in [1.807, 2.05) is 6.07 Å². The number of carbonyl (C=O) groups is 1. The summed E-state index contributed by atoms with van der Waals surface area (Å²) in [5.41, 5.74) is 6.31. The molecule has 0 aliphatic rings. The Kier molecular flexibility index (Phi) is 2.97. The first-order chi connectivity index (χ1) is 6.13. The lowest BCUT2D eigenvalue weighted by Gasteiger charge is -2.15. The molecular weight excluding hydrogens is 168 g/mol. The lowest BCUT2D eigenvalue weighted by molar-refractivity contribution is -0.139. The Morgan fingerprint density at radius 3 is 2.85 bits per heavy atom. The zero-order valence-corrected chi connectivity index (χ0v) is 7.34. The van der Waals surface area contributed by atoms with Gasteiger partial charge in [0.1, 0.15) is 6.04 Å². The number of aliphatic carboxylic acids is 1. The average Bonchev–Trinajstić information content (AvgIpc) is 2.17. The summed E-state index contributed by atoms with van der Waals surface area (Å²) in [4.78, 5) is 14.5. The van der Waals surface area contributed by atoms with Gasteiger partial charge in [0.2, 0.25) is 0 Å². The third-order valence-electron chi connectivity index (χ3n) is 2.03.